The molecule has 0 spiro atoms. The summed E-state index contributed by atoms with van der Waals surface area (Å²) < 4.78 is 0. The average Bonchev–Trinajstić information content (AvgIpc) is 2.42. The number of hydrogen-bond acceptors (Lipinski definition) is 3. The number of anilines is 2. The monoisotopic (exact) mass is 240 g/mol. The second-order valence-electron chi connectivity index (χ2n) is 4.13. The molecular weight excluding hydrogens is 224 g/mol. The zero-order chi connectivity index (χ0) is 13.1. The highest BCUT2D eigenvalue weighted by Crippen LogP contribution is 2.32. The molecular formula is C15H16N2O. The number of hydrogen-bond donors (Lipinski definition) is 2. The van der Waals surface area contributed by atoms with Crippen LogP contribution in [0.25, 0.3) is 11.1 Å². The zero-order valence-electron chi connectivity index (χ0n) is 10.3. The third-order valence-electron chi connectivity index (χ3n) is 2.99. The first-order valence-corrected chi connectivity index (χ1v) is 5.91. The summed E-state index contributed by atoms with van der Waals surface area (Å²) in [6.07, 6.45) is 0.425. The Morgan fingerprint density at radius 3 is 2.28 bits per heavy atom. The van der Waals surface area contributed by atoms with Crippen molar-refractivity contribution in [3.8, 4) is 11.1 Å². The molecule has 2 aromatic carbocycles. The lowest BCUT2D eigenvalue weighted by Gasteiger charge is -2.12. The zero-order valence-corrected chi connectivity index (χ0v) is 10.3. The van der Waals surface area contributed by atoms with Crippen molar-refractivity contribution >= 4 is 17.2 Å². The summed E-state index contributed by atoms with van der Waals surface area (Å²) in [5.74, 6) is 0.0128. The second kappa shape index (κ2) is 4.92. The molecule has 0 saturated heterocycles. The van der Waals surface area contributed by atoms with Gasteiger partial charge in [0.05, 0.1) is 11.4 Å². The van der Waals surface area contributed by atoms with Gasteiger partial charge in [-0.1, -0.05) is 43.3 Å². The first-order chi connectivity index (χ1) is 8.65. The van der Waals surface area contributed by atoms with E-state index < -0.39 is 0 Å². The molecule has 3 nitrogen and oxygen atoms in total. The van der Waals surface area contributed by atoms with Crippen LogP contribution in [0.3, 0.4) is 0 Å². The first kappa shape index (κ1) is 12.2. The number of rotatable bonds is 3. The maximum atomic E-state index is 11.7. The van der Waals surface area contributed by atoms with E-state index in [0.29, 0.717) is 23.4 Å². The van der Waals surface area contributed by atoms with Crippen LogP contribution in [0.2, 0.25) is 0 Å². The first-order valence-electron chi connectivity index (χ1n) is 5.91. The van der Waals surface area contributed by atoms with Gasteiger partial charge in [-0.2, -0.15) is 0 Å². The van der Waals surface area contributed by atoms with Crippen molar-refractivity contribution in [1.29, 1.82) is 0 Å². The van der Waals surface area contributed by atoms with Crippen LogP contribution < -0.4 is 11.5 Å². The second-order valence-corrected chi connectivity index (χ2v) is 4.13. The van der Waals surface area contributed by atoms with E-state index in [2.05, 4.69) is 0 Å². The summed E-state index contributed by atoms with van der Waals surface area (Å²) in [5, 5.41) is 0. The highest BCUT2D eigenvalue weighted by Gasteiger charge is 2.13. The lowest BCUT2D eigenvalue weighted by Crippen LogP contribution is -2.06. The molecule has 18 heavy (non-hydrogen) atoms. The molecule has 0 radical (unpaired) electrons. The van der Waals surface area contributed by atoms with E-state index in [1.54, 1.807) is 6.07 Å². The minimum Gasteiger partial charge on any atom is -0.397 e. The third kappa shape index (κ3) is 2.07. The van der Waals surface area contributed by atoms with E-state index in [0.717, 1.165) is 11.1 Å². The van der Waals surface area contributed by atoms with Crippen LogP contribution in [-0.4, -0.2) is 5.78 Å². The van der Waals surface area contributed by atoms with Gasteiger partial charge in [-0.3, -0.25) is 4.79 Å². The van der Waals surface area contributed by atoms with Crippen LogP contribution >= 0.6 is 0 Å². The van der Waals surface area contributed by atoms with Crippen molar-refractivity contribution in [1.82, 2.24) is 0 Å². The predicted octanol–water partition coefficient (Wildman–Crippen LogP) is 3.11. The van der Waals surface area contributed by atoms with E-state index in [9.17, 15) is 4.79 Å². The van der Waals surface area contributed by atoms with Crippen molar-refractivity contribution in [2.24, 2.45) is 0 Å². The largest absolute Gasteiger partial charge is 0.397 e. The lowest BCUT2D eigenvalue weighted by molar-refractivity contribution is 0.0989. The Kier molecular flexibility index (Phi) is 3.33. The maximum absolute atomic E-state index is 11.7. The van der Waals surface area contributed by atoms with Crippen molar-refractivity contribution in [2.75, 3.05) is 11.5 Å². The molecule has 92 valence electrons. The fraction of sp³-hybridized carbons (Fsp3) is 0.133. The average molecular weight is 240 g/mol. The third-order valence-corrected chi connectivity index (χ3v) is 2.99. The van der Waals surface area contributed by atoms with Gasteiger partial charge >= 0.3 is 0 Å². The van der Waals surface area contributed by atoms with Gasteiger partial charge in [0.25, 0.3) is 0 Å². The van der Waals surface area contributed by atoms with Crippen LogP contribution in [-0.2, 0) is 0 Å². The molecule has 0 aliphatic carbocycles. The lowest BCUT2D eigenvalue weighted by atomic mass is 9.97. The Hall–Kier alpha value is -2.29. The molecule has 0 atom stereocenters. The molecule has 0 aromatic heterocycles. The maximum Gasteiger partial charge on any atom is 0.164 e. The summed E-state index contributed by atoms with van der Waals surface area (Å²) >= 11 is 0. The summed E-state index contributed by atoms with van der Waals surface area (Å²) in [6.45, 7) is 1.81. The molecule has 0 aliphatic rings. The quantitative estimate of drug-likeness (QED) is 0.639. The van der Waals surface area contributed by atoms with E-state index in [1.165, 1.54) is 0 Å². The van der Waals surface area contributed by atoms with Crippen molar-refractivity contribution in [3.63, 3.8) is 0 Å². The number of carbonyl (C=O) groups excluding carboxylic acids is 1. The number of benzene rings is 2. The number of ketones is 1. The molecule has 0 bridgehead atoms. The van der Waals surface area contributed by atoms with E-state index in [4.69, 9.17) is 11.5 Å². The van der Waals surface area contributed by atoms with Crippen LogP contribution in [0, 0.1) is 0 Å². The molecule has 4 N–H and O–H groups in total. The number of carbonyl (C=O) groups is 1. The van der Waals surface area contributed by atoms with Crippen molar-refractivity contribution in [3.05, 3.63) is 48.0 Å². The summed E-state index contributed by atoms with van der Waals surface area (Å²) in [5.41, 5.74) is 15.2. The van der Waals surface area contributed by atoms with Gasteiger partial charge in [0.1, 0.15) is 0 Å². The number of nitrogens with two attached hydrogens (primary N) is 2. The van der Waals surface area contributed by atoms with Gasteiger partial charge in [-0.25, -0.2) is 0 Å². The normalized spacial score (nSPS) is 10.3. The smallest absolute Gasteiger partial charge is 0.164 e. The molecule has 2 aromatic rings. The molecule has 0 saturated carbocycles. The molecule has 0 heterocycles. The standard InChI is InChI=1S/C15H16N2O/c1-2-13(18)12-9-8-11(14(16)15(12)17)10-6-4-3-5-7-10/h3-9H,2,16-17H2,1H3. The topological polar surface area (TPSA) is 69.1 Å². The minimum atomic E-state index is 0.0128. The fourth-order valence-corrected chi connectivity index (χ4v) is 1.94. The van der Waals surface area contributed by atoms with Crippen LogP contribution in [0.5, 0.6) is 0 Å². The minimum absolute atomic E-state index is 0.0128. The highest BCUT2D eigenvalue weighted by atomic mass is 16.1. The highest BCUT2D eigenvalue weighted by molar-refractivity contribution is 6.05. The molecule has 3 heteroatoms. The molecule has 0 aliphatic heterocycles. The fourth-order valence-electron chi connectivity index (χ4n) is 1.94. The summed E-state index contributed by atoms with van der Waals surface area (Å²) in [7, 11) is 0. The van der Waals surface area contributed by atoms with E-state index in [1.807, 2.05) is 43.3 Å². The molecule has 0 amide bonds. The number of nitrogen functional groups attached to an aromatic ring is 2. The van der Waals surface area contributed by atoms with Gasteiger partial charge in [0.2, 0.25) is 0 Å². The van der Waals surface area contributed by atoms with Crippen LogP contribution in [0.4, 0.5) is 11.4 Å². The van der Waals surface area contributed by atoms with Gasteiger partial charge in [-0.05, 0) is 11.6 Å². The predicted molar refractivity (Wildman–Crippen MR) is 75.3 cm³/mol. The van der Waals surface area contributed by atoms with Crippen molar-refractivity contribution < 1.29 is 4.79 Å². The summed E-state index contributed by atoms with van der Waals surface area (Å²) in [4.78, 5) is 11.7. The Bertz CT molecular complexity index is 577. The van der Waals surface area contributed by atoms with Crippen LogP contribution in [0.1, 0.15) is 23.7 Å². The summed E-state index contributed by atoms with van der Waals surface area (Å²) in [6, 6.07) is 13.4. The molecule has 2 rings (SSSR count). The molecule has 0 unspecified atom stereocenters. The SMILES string of the molecule is CCC(=O)c1ccc(-c2ccccc2)c(N)c1N. The Labute approximate surface area is 106 Å². The van der Waals surface area contributed by atoms with Crippen molar-refractivity contribution in [2.45, 2.75) is 13.3 Å². The number of Topliss-reactive ketones (excluding diaryl/α,β-unsaturated/α-hetero) is 1. The van der Waals surface area contributed by atoms with Gasteiger partial charge < -0.3 is 11.5 Å². The Morgan fingerprint density at radius 1 is 1.00 bits per heavy atom. The Morgan fingerprint density at radius 2 is 1.67 bits per heavy atom. The Balaban J connectivity index is 2.54. The van der Waals surface area contributed by atoms with Crippen LogP contribution in [0.15, 0.2) is 42.5 Å². The van der Waals surface area contributed by atoms with Gasteiger partial charge in [0, 0.05) is 17.5 Å². The van der Waals surface area contributed by atoms with E-state index >= 15 is 0 Å². The van der Waals surface area contributed by atoms with E-state index in [-0.39, 0.29) is 5.78 Å². The van der Waals surface area contributed by atoms with Gasteiger partial charge in [0.15, 0.2) is 5.78 Å². The van der Waals surface area contributed by atoms with Gasteiger partial charge in [-0.15, -0.1) is 0 Å². The molecule has 0 fully saturated rings.